The van der Waals surface area contributed by atoms with Gasteiger partial charge in [-0.2, -0.15) is 0 Å². The third kappa shape index (κ3) is 9.07. The van der Waals surface area contributed by atoms with E-state index in [1.807, 2.05) is 0 Å². The van der Waals surface area contributed by atoms with Crippen molar-refractivity contribution < 1.29 is 15.4 Å². The van der Waals surface area contributed by atoms with Crippen LogP contribution in [-0.4, -0.2) is 22.0 Å². The van der Waals surface area contributed by atoms with Gasteiger partial charge in [0.1, 0.15) is 0 Å². The van der Waals surface area contributed by atoms with E-state index in [1.165, 1.54) is 32.1 Å². The van der Waals surface area contributed by atoms with E-state index in [9.17, 15) is 0 Å². The van der Waals surface area contributed by atoms with Crippen molar-refractivity contribution in [3.05, 3.63) is 10.1 Å². The summed E-state index contributed by atoms with van der Waals surface area (Å²) in [5.74, 6) is 0.851. The van der Waals surface area contributed by atoms with Crippen molar-refractivity contribution in [2.45, 2.75) is 38.5 Å². The molecule has 1 fully saturated rings. The van der Waals surface area contributed by atoms with E-state index in [-0.39, 0.29) is 0 Å². The third-order valence-electron chi connectivity index (χ3n) is 2.26. The maximum atomic E-state index is 8.62. The molecule has 0 heterocycles. The molecule has 0 saturated heterocycles. The first-order valence-corrected chi connectivity index (χ1v) is 4.61. The van der Waals surface area contributed by atoms with Crippen LogP contribution in [0.1, 0.15) is 38.5 Å². The van der Waals surface area contributed by atoms with Crippen molar-refractivity contribution in [1.82, 2.24) is 0 Å². The number of aliphatic hydroxyl groups excluding tert-OH is 1. The maximum absolute atomic E-state index is 8.62. The van der Waals surface area contributed by atoms with Crippen LogP contribution in [0.15, 0.2) is 0 Å². The largest absolute Gasteiger partial charge is 0.396 e. The molecule has 1 rings (SSSR count). The third-order valence-corrected chi connectivity index (χ3v) is 2.26. The lowest BCUT2D eigenvalue weighted by Gasteiger charge is -2.19. The molecule has 0 spiro atoms. The summed E-state index contributed by atoms with van der Waals surface area (Å²) in [4.78, 5) is 8.36. The highest BCUT2D eigenvalue weighted by Crippen LogP contribution is 2.25. The molecule has 1 saturated carbocycles. The topological polar surface area (TPSA) is 83.6 Å². The first-order valence-electron chi connectivity index (χ1n) is 4.61. The fourth-order valence-corrected chi connectivity index (χ4v) is 1.66. The van der Waals surface area contributed by atoms with Crippen LogP contribution in [0.4, 0.5) is 0 Å². The van der Waals surface area contributed by atoms with Gasteiger partial charge >= 0.3 is 0 Å². The molecule has 0 bridgehead atoms. The second-order valence-electron chi connectivity index (χ2n) is 3.25. The molecule has 0 unspecified atom stereocenters. The molecule has 0 aliphatic heterocycles. The minimum Gasteiger partial charge on any atom is -0.396 e. The summed E-state index contributed by atoms with van der Waals surface area (Å²) in [7, 11) is 0. The molecule has 78 valence electrons. The second-order valence-corrected chi connectivity index (χ2v) is 3.25. The molecule has 1 aliphatic carbocycles. The van der Waals surface area contributed by atoms with E-state index in [4.69, 9.17) is 20.4 Å². The summed E-state index contributed by atoms with van der Waals surface area (Å²) in [5, 5.41) is 22.3. The predicted molar refractivity (Wildman–Crippen MR) is 47.1 cm³/mol. The number of hydrogen-bond donors (Lipinski definition) is 2. The number of nitrogens with zero attached hydrogens (tertiary/aromatic N) is 1. The monoisotopic (exact) mass is 191 g/mol. The maximum Gasteiger partial charge on any atom is 0.291 e. The van der Waals surface area contributed by atoms with Gasteiger partial charge in [0.25, 0.3) is 5.09 Å². The van der Waals surface area contributed by atoms with Crippen molar-refractivity contribution in [2.24, 2.45) is 5.92 Å². The predicted octanol–water partition coefficient (Wildman–Crippen LogP) is 1.60. The van der Waals surface area contributed by atoms with Crippen molar-refractivity contribution in [2.75, 3.05) is 6.61 Å². The van der Waals surface area contributed by atoms with Crippen LogP contribution in [0.5, 0.6) is 0 Å². The molecule has 0 atom stereocenters. The Labute approximate surface area is 77.5 Å². The molecule has 2 N–H and O–H groups in total. The lowest BCUT2D eigenvalue weighted by Crippen LogP contribution is -2.07. The molecule has 0 aromatic rings. The second kappa shape index (κ2) is 7.79. The zero-order chi connectivity index (χ0) is 10.1. The highest BCUT2D eigenvalue weighted by atomic mass is 16.9. The van der Waals surface area contributed by atoms with Crippen LogP contribution in [-0.2, 0) is 0 Å². The van der Waals surface area contributed by atoms with Gasteiger partial charge in [-0.25, -0.2) is 0 Å². The van der Waals surface area contributed by atoms with Gasteiger partial charge in [-0.3, -0.25) is 0 Å². The zero-order valence-corrected chi connectivity index (χ0v) is 7.69. The molecular weight excluding hydrogens is 174 g/mol. The van der Waals surface area contributed by atoms with Gasteiger partial charge in [0.15, 0.2) is 0 Å². The highest BCUT2D eigenvalue weighted by molar-refractivity contribution is 4.64. The van der Waals surface area contributed by atoms with Crippen LogP contribution in [0, 0.1) is 16.0 Å². The molecule has 0 radical (unpaired) electrons. The number of aliphatic hydroxyl groups is 1. The van der Waals surface area contributed by atoms with Crippen LogP contribution < -0.4 is 0 Å². The van der Waals surface area contributed by atoms with Gasteiger partial charge in [-0.15, -0.1) is 10.1 Å². The summed E-state index contributed by atoms with van der Waals surface area (Å²) in [6, 6.07) is 0. The summed E-state index contributed by atoms with van der Waals surface area (Å²) >= 11 is 0. The quantitative estimate of drug-likeness (QED) is 0.513. The van der Waals surface area contributed by atoms with Gasteiger partial charge in [0.2, 0.25) is 0 Å². The van der Waals surface area contributed by atoms with Crippen LogP contribution in [0.3, 0.4) is 0 Å². The number of rotatable bonds is 2. The summed E-state index contributed by atoms with van der Waals surface area (Å²) < 4.78 is 0. The minimum atomic E-state index is -1.50. The molecule has 0 aromatic carbocycles. The summed E-state index contributed by atoms with van der Waals surface area (Å²) in [6.45, 7) is 0.394. The van der Waals surface area contributed by atoms with Crippen molar-refractivity contribution in [3.63, 3.8) is 0 Å². The average Bonchev–Trinajstić information content (AvgIpc) is 2.06. The van der Waals surface area contributed by atoms with E-state index in [0.29, 0.717) is 6.61 Å². The van der Waals surface area contributed by atoms with E-state index in [1.54, 1.807) is 0 Å². The molecule has 1 aliphatic rings. The van der Waals surface area contributed by atoms with Crippen molar-refractivity contribution in [3.8, 4) is 0 Å². The lowest BCUT2D eigenvalue weighted by atomic mass is 9.87. The van der Waals surface area contributed by atoms with E-state index in [2.05, 4.69) is 0 Å². The Bertz CT molecular complexity index is 127. The van der Waals surface area contributed by atoms with Crippen LogP contribution in [0.2, 0.25) is 0 Å². The number of hydrogen-bond acceptors (Lipinski definition) is 3. The molecule has 0 aromatic heterocycles. The smallest absolute Gasteiger partial charge is 0.291 e. The van der Waals surface area contributed by atoms with E-state index >= 15 is 0 Å². The fraction of sp³-hybridized carbons (Fsp3) is 1.00. The standard InChI is InChI=1S/C8H16O.HNO3/c9-7-6-8-4-2-1-3-5-8;2-1(3)4/h8-9H,1-7H2;(H,2,3,4). The first kappa shape index (κ1) is 12.2. The highest BCUT2D eigenvalue weighted by Gasteiger charge is 2.11. The minimum absolute atomic E-state index is 0.394. The Kier molecular flexibility index (Phi) is 7.29. The SMILES string of the molecule is O=[N+]([O-])O.OCCC1CCCCC1. The Balaban J connectivity index is 0.000000310. The first-order chi connectivity index (χ1) is 6.16. The molecule has 0 amide bonds. The Morgan fingerprint density at radius 3 is 2.15 bits per heavy atom. The Hall–Kier alpha value is -0.840. The van der Waals surface area contributed by atoms with Gasteiger partial charge in [-0.05, 0) is 12.3 Å². The lowest BCUT2D eigenvalue weighted by molar-refractivity contribution is -0.742. The fourth-order valence-electron chi connectivity index (χ4n) is 1.66. The van der Waals surface area contributed by atoms with Gasteiger partial charge in [0.05, 0.1) is 0 Å². The summed E-state index contributed by atoms with van der Waals surface area (Å²) in [5.41, 5.74) is 0. The van der Waals surface area contributed by atoms with E-state index in [0.717, 1.165) is 12.3 Å². The Morgan fingerprint density at radius 1 is 1.31 bits per heavy atom. The molecule has 5 nitrogen and oxygen atoms in total. The average molecular weight is 191 g/mol. The molecular formula is C8H17NO4. The van der Waals surface area contributed by atoms with E-state index < -0.39 is 5.09 Å². The van der Waals surface area contributed by atoms with Gasteiger partial charge in [-0.1, -0.05) is 32.1 Å². The molecule has 13 heavy (non-hydrogen) atoms. The Morgan fingerprint density at radius 2 is 1.77 bits per heavy atom. The van der Waals surface area contributed by atoms with Crippen molar-refractivity contribution in [1.29, 1.82) is 0 Å². The molecule has 5 heteroatoms. The zero-order valence-electron chi connectivity index (χ0n) is 7.69. The van der Waals surface area contributed by atoms with Crippen LogP contribution >= 0.6 is 0 Å². The van der Waals surface area contributed by atoms with Crippen LogP contribution in [0.25, 0.3) is 0 Å². The normalized spacial score (nSPS) is 17.3. The van der Waals surface area contributed by atoms with Crippen molar-refractivity contribution >= 4 is 0 Å². The van der Waals surface area contributed by atoms with Gasteiger partial charge < -0.3 is 10.3 Å². The summed E-state index contributed by atoms with van der Waals surface area (Å²) in [6.07, 6.45) is 7.97. The van der Waals surface area contributed by atoms with Gasteiger partial charge in [0, 0.05) is 6.61 Å².